The third kappa shape index (κ3) is 2.16. The largest absolute Gasteiger partial charge is 0.490 e. The van der Waals surface area contributed by atoms with E-state index in [1.54, 1.807) is 0 Å². The van der Waals surface area contributed by atoms with Crippen molar-refractivity contribution < 1.29 is 4.74 Å². The van der Waals surface area contributed by atoms with Gasteiger partial charge in [0.15, 0.2) is 0 Å². The van der Waals surface area contributed by atoms with Crippen molar-refractivity contribution in [2.24, 2.45) is 5.41 Å². The first-order valence-electron chi connectivity index (χ1n) is 5.06. The van der Waals surface area contributed by atoms with Crippen LogP contribution in [-0.4, -0.2) is 10.9 Å². The molecular weight excluding hydrogens is 275 g/mol. The maximum absolute atomic E-state index is 5.90. The summed E-state index contributed by atoms with van der Waals surface area (Å²) in [6.07, 6.45) is 1.36. The quantitative estimate of drug-likeness (QED) is 0.738. The minimum atomic E-state index is 0.208. The lowest BCUT2D eigenvalue weighted by atomic mass is 9.69. The highest BCUT2D eigenvalue weighted by molar-refractivity contribution is 9.09. The molecule has 1 aliphatic rings. The molecule has 1 nitrogen and oxygen atoms in total. The Hall–Kier alpha value is -0.210. The van der Waals surface area contributed by atoms with Gasteiger partial charge in [-0.2, -0.15) is 0 Å². The number of rotatable bonds is 2. The molecule has 1 fully saturated rings. The average Bonchev–Trinajstić information content (AvgIpc) is 2.21. The summed E-state index contributed by atoms with van der Waals surface area (Å²) in [6, 6.07) is 7.54. The third-order valence-corrected chi connectivity index (χ3v) is 4.96. The average molecular weight is 290 g/mol. The van der Waals surface area contributed by atoms with Crippen LogP contribution < -0.4 is 4.74 Å². The molecule has 0 heterocycles. The molecule has 0 aromatic heterocycles. The summed E-state index contributed by atoms with van der Waals surface area (Å²) in [6.45, 7) is 4.44. The molecule has 2 atom stereocenters. The first kappa shape index (κ1) is 11.3. The van der Waals surface area contributed by atoms with Crippen LogP contribution in [0.25, 0.3) is 0 Å². The van der Waals surface area contributed by atoms with E-state index in [-0.39, 0.29) is 5.41 Å². The van der Waals surface area contributed by atoms with Crippen LogP contribution in [0, 0.1) is 5.41 Å². The van der Waals surface area contributed by atoms with Crippen LogP contribution in [0.3, 0.4) is 0 Å². The molecule has 82 valence electrons. The summed E-state index contributed by atoms with van der Waals surface area (Å²) in [5.41, 5.74) is 0.208. The lowest BCUT2D eigenvalue weighted by molar-refractivity contribution is -0.00778. The SMILES string of the molecule is CC1(C)C(Br)CC1Oc1ccc(Cl)cc1. The third-order valence-electron chi connectivity index (χ3n) is 3.15. The Labute approximate surface area is 104 Å². The monoisotopic (exact) mass is 288 g/mol. The first-order chi connectivity index (χ1) is 7.00. The van der Waals surface area contributed by atoms with Gasteiger partial charge in [-0.1, -0.05) is 41.4 Å². The van der Waals surface area contributed by atoms with Crippen LogP contribution in [0.5, 0.6) is 5.75 Å². The van der Waals surface area contributed by atoms with Crippen molar-refractivity contribution in [2.75, 3.05) is 0 Å². The zero-order valence-electron chi connectivity index (χ0n) is 8.84. The Bertz CT molecular complexity index is 347. The Kier molecular flexibility index (Phi) is 3.00. The number of hydrogen-bond acceptors (Lipinski definition) is 1. The Morgan fingerprint density at radius 3 is 2.40 bits per heavy atom. The predicted molar refractivity (Wildman–Crippen MR) is 67.0 cm³/mol. The molecule has 1 aliphatic carbocycles. The fraction of sp³-hybridized carbons (Fsp3) is 0.500. The number of hydrogen-bond donors (Lipinski definition) is 0. The van der Waals surface area contributed by atoms with Gasteiger partial charge in [0.2, 0.25) is 0 Å². The highest BCUT2D eigenvalue weighted by Gasteiger charge is 2.48. The van der Waals surface area contributed by atoms with E-state index in [1.807, 2.05) is 24.3 Å². The fourth-order valence-electron chi connectivity index (χ4n) is 1.71. The summed E-state index contributed by atoms with van der Waals surface area (Å²) in [5, 5.41) is 0.744. The van der Waals surface area contributed by atoms with Crippen LogP contribution in [0.15, 0.2) is 24.3 Å². The second kappa shape index (κ2) is 3.99. The molecule has 0 bridgehead atoms. The van der Waals surface area contributed by atoms with Gasteiger partial charge in [0, 0.05) is 15.3 Å². The minimum absolute atomic E-state index is 0.208. The van der Waals surface area contributed by atoms with E-state index in [0.29, 0.717) is 10.9 Å². The molecule has 3 heteroatoms. The fourth-order valence-corrected chi connectivity index (χ4v) is 2.47. The lowest BCUT2D eigenvalue weighted by Gasteiger charge is -2.48. The maximum Gasteiger partial charge on any atom is 0.119 e. The van der Waals surface area contributed by atoms with E-state index in [9.17, 15) is 0 Å². The number of halogens is 2. The van der Waals surface area contributed by atoms with Crippen molar-refractivity contribution in [2.45, 2.75) is 31.2 Å². The van der Waals surface area contributed by atoms with Crippen LogP contribution in [0.2, 0.25) is 5.02 Å². The molecule has 0 saturated heterocycles. The highest BCUT2D eigenvalue weighted by Crippen LogP contribution is 2.47. The van der Waals surface area contributed by atoms with Crippen molar-refractivity contribution in [3.63, 3.8) is 0 Å². The zero-order chi connectivity index (χ0) is 11.1. The van der Waals surface area contributed by atoms with Gasteiger partial charge < -0.3 is 4.74 Å². The van der Waals surface area contributed by atoms with E-state index in [4.69, 9.17) is 16.3 Å². The van der Waals surface area contributed by atoms with Crippen molar-refractivity contribution in [3.05, 3.63) is 29.3 Å². The van der Waals surface area contributed by atoms with Crippen LogP contribution in [0.1, 0.15) is 20.3 Å². The van der Waals surface area contributed by atoms with Crippen molar-refractivity contribution in [3.8, 4) is 5.75 Å². The van der Waals surface area contributed by atoms with Crippen molar-refractivity contribution in [1.29, 1.82) is 0 Å². The van der Waals surface area contributed by atoms with Gasteiger partial charge in [-0.15, -0.1) is 0 Å². The maximum atomic E-state index is 5.90. The Balaban J connectivity index is 2.02. The van der Waals surface area contributed by atoms with Crippen molar-refractivity contribution in [1.82, 2.24) is 0 Å². The van der Waals surface area contributed by atoms with Gasteiger partial charge in [-0.05, 0) is 30.7 Å². The smallest absolute Gasteiger partial charge is 0.119 e. The molecular formula is C12H14BrClO. The summed E-state index contributed by atoms with van der Waals surface area (Å²) >= 11 is 9.46. The van der Waals surface area contributed by atoms with Crippen molar-refractivity contribution >= 4 is 27.5 Å². The molecule has 2 unspecified atom stereocenters. The zero-order valence-corrected chi connectivity index (χ0v) is 11.2. The number of benzene rings is 1. The molecule has 0 amide bonds. The van der Waals surface area contributed by atoms with Gasteiger partial charge in [0.1, 0.15) is 11.9 Å². The number of ether oxygens (including phenoxy) is 1. The normalized spacial score (nSPS) is 28.3. The Morgan fingerprint density at radius 2 is 1.93 bits per heavy atom. The minimum Gasteiger partial charge on any atom is -0.490 e. The van der Waals surface area contributed by atoms with Gasteiger partial charge in [-0.25, -0.2) is 0 Å². The van der Waals surface area contributed by atoms with E-state index < -0.39 is 0 Å². The van der Waals surface area contributed by atoms with Gasteiger partial charge in [-0.3, -0.25) is 0 Å². The lowest BCUT2D eigenvalue weighted by Crippen LogP contribution is -2.53. The summed E-state index contributed by atoms with van der Waals surface area (Å²) < 4.78 is 5.90. The summed E-state index contributed by atoms with van der Waals surface area (Å²) in [7, 11) is 0. The molecule has 2 rings (SSSR count). The molecule has 0 radical (unpaired) electrons. The van der Waals surface area contributed by atoms with Gasteiger partial charge in [0.05, 0.1) is 0 Å². The van der Waals surface area contributed by atoms with Crippen LogP contribution >= 0.6 is 27.5 Å². The second-order valence-electron chi connectivity index (χ2n) is 4.59. The molecule has 1 saturated carbocycles. The first-order valence-corrected chi connectivity index (χ1v) is 6.36. The van der Waals surface area contributed by atoms with E-state index >= 15 is 0 Å². The van der Waals surface area contributed by atoms with E-state index in [0.717, 1.165) is 17.2 Å². The molecule has 1 aromatic rings. The van der Waals surface area contributed by atoms with Gasteiger partial charge >= 0.3 is 0 Å². The Morgan fingerprint density at radius 1 is 1.33 bits per heavy atom. The number of alkyl halides is 1. The summed E-state index contributed by atoms with van der Waals surface area (Å²) in [5.74, 6) is 0.900. The second-order valence-corrected chi connectivity index (χ2v) is 6.13. The van der Waals surface area contributed by atoms with Crippen LogP contribution in [-0.2, 0) is 0 Å². The topological polar surface area (TPSA) is 9.23 Å². The van der Waals surface area contributed by atoms with E-state index in [2.05, 4.69) is 29.8 Å². The summed E-state index contributed by atoms with van der Waals surface area (Å²) in [4.78, 5) is 0.558. The molecule has 0 aliphatic heterocycles. The standard InChI is InChI=1S/C12H14BrClO/c1-12(2)10(13)7-11(12)15-9-5-3-8(14)4-6-9/h3-6,10-11H,7H2,1-2H3. The van der Waals surface area contributed by atoms with Crippen LogP contribution in [0.4, 0.5) is 0 Å². The van der Waals surface area contributed by atoms with Gasteiger partial charge in [0.25, 0.3) is 0 Å². The van der Waals surface area contributed by atoms with E-state index in [1.165, 1.54) is 0 Å². The molecule has 0 N–H and O–H groups in total. The highest BCUT2D eigenvalue weighted by atomic mass is 79.9. The predicted octanol–water partition coefficient (Wildman–Crippen LogP) is 4.28. The molecule has 0 spiro atoms. The molecule has 1 aromatic carbocycles. The molecule has 15 heavy (non-hydrogen) atoms.